The predicted octanol–water partition coefficient (Wildman–Crippen LogP) is 2.73. The zero-order valence-corrected chi connectivity index (χ0v) is 12.6. The van der Waals surface area contributed by atoms with E-state index in [1.807, 2.05) is 0 Å². The van der Waals surface area contributed by atoms with Crippen LogP contribution in [-0.4, -0.2) is 26.8 Å². The molecule has 0 aliphatic heterocycles. The average molecular weight is 265 g/mol. The number of hydrogen-bond donors (Lipinski definition) is 1. The number of hydrogen-bond acceptors (Lipinski definition) is 4. The Labute approximate surface area is 116 Å². The fraction of sp³-hybridized carbons (Fsp3) is 0.929. The molecule has 0 amide bonds. The molecule has 19 heavy (non-hydrogen) atoms. The first-order chi connectivity index (χ1) is 9.19. The summed E-state index contributed by atoms with van der Waals surface area (Å²) in [5.41, 5.74) is 0. The van der Waals surface area contributed by atoms with Crippen LogP contribution < -0.4 is 5.32 Å². The molecule has 1 aromatic rings. The largest absolute Gasteiger partial charge is 0.307 e. The minimum absolute atomic E-state index is 0.225. The SMILES string of the molecule is CCCNC(C)c1nnnn1C1CCC(CC)C1C. The minimum Gasteiger partial charge on any atom is -0.307 e. The molecule has 4 atom stereocenters. The molecule has 1 aliphatic carbocycles. The van der Waals surface area contributed by atoms with E-state index in [1.165, 1.54) is 19.3 Å². The number of rotatable bonds is 6. The summed E-state index contributed by atoms with van der Waals surface area (Å²) in [7, 11) is 0. The molecule has 1 fully saturated rings. The second-order valence-corrected chi connectivity index (χ2v) is 5.83. The van der Waals surface area contributed by atoms with E-state index in [0.717, 1.165) is 24.7 Å². The smallest absolute Gasteiger partial charge is 0.168 e. The van der Waals surface area contributed by atoms with Crippen LogP contribution in [0.3, 0.4) is 0 Å². The Hall–Kier alpha value is -0.970. The van der Waals surface area contributed by atoms with E-state index in [4.69, 9.17) is 0 Å². The molecule has 1 saturated carbocycles. The molecule has 0 aromatic carbocycles. The Morgan fingerprint density at radius 2 is 2.16 bits per heavy atom. The van der Waals surface area contributed by atoms with Gasteiger partial charge in [0, 0.05) is 0 Å². The van der Waals surface area contributed by atoms with E-state index in [0.29, 0.717) is 12.0 Å². The second kappa shape index (κ2) is 6.46. The third-order valence-electron chi connectivity index (χ3n) is 4.63. The Bertz CT molecular complexity index is 389. The van der Waals surface area contributed by atoms with Gasteiger partial charge in [-0.1, -0.05) is 27.2 Å². The van der Waals surface area contributed by atoms with Crippen molar-refractivity contribution in [3.05, 3.63) is 5.82 Å². The summed E-state index contributed by atoms with van der Waals surface area (Å²) in [5.74, 6) is 2.48. The van der Waals surface area contributed by atoms with Gasteiger partial charge in [0.15, 0.2) is 5.82 Å². The summed E-state index contributed by atoms with van der Waals surface area (Å²) < 4.78 is 2.08. The van der Waals surface area contributed by atoms with Gasteiger partial charge in [0.05, 0.1) is 12.1 Å². The van der Waals surface area contributed by atoms with Gasteiger partial charge in [0.2, 0.25) is 0 Å². The highest BCUT2D eigenvalue weighted by molar-refractivity contribution is 4.95. The first kappa shape index (κ1) is 14.4. The highest BCUT2D eigenvalue weighted by Gasteiger charge is 2.35. The normalized spacial score (nSPS) is 28.7. The first-order valence-corrected chi connectivity index (χ1v) is 7.70. The molecular weight excluding hydrogens is 238 g/mol. The molecule has 0 spiro atoms. The minimum atomic E-state index is 0.225. The van der Waals surface area contributed by atoms with Crippen molar-refractivity contribution in [2.24, 2.45) is 11.8 Å². The van der Waals surface area contributed by atoms with Gasteiger partial charge in [-0.2, -0.15) is 0 Å². The fourth-order valence-electron chi connectivity index (χ4n) is 3.32. The summed E-state index contributed by atoms with van der Waals surface area (Å²) in [4.78, 5) is 0. The lowest BCUT2D eigenvalue weighted by molar-refractivity contribution is 0.296. The van der Waals surface area contributed by atoms with Crippen LogP contribution >= 0.6 is 0 Å². The molecule has 1 aromatic heterocycles. The van der Waals surface area contributed by atoms with E-state index in [-0.39, 0.29) is 6.04 Å². The third kappa shape index (κ3) is 2.96. The van der Waals surface area contributed by atoms with Crippen molar-refractivity contribution in [3.63, 3.8) is 0 Å². The summed E-state index contributed by atoms with van der Waals surface area (Å²) >= 11 is 0. The maximum atomic E-state index is 4.26. The third-order valence-corrected chi connectivity index (χ3v) is 4.63. The van der Waals surface area contributed by atoms with Crippen molar-refractivity contribution in [3.8, 4) is 0 Å². The van der Waals surface area contributed by atoms with Crippen molar-refractivity contribution in [2.75, 3.05) is 6.54 Å². The first-order valence-electron chi connectivity index (χ1n) is 7.70. The number of nitrogens with zero attached hydrogens (tertiary/aromatic N) is 4. The molecule has 108 valence electrons. The molecule has 5 nitrogen and oxygen atoms in total. The number of tetrazole rings is 1. The molecule has 2 rings (SSSR count). The van der Waals surface area contributed by atoms with Crippen molar-refractivity contribution >= 4 is 0 Å². The van der Waals surface area contributed by atoms with Crippen molar-refractivity contribution in [1.29, 1.82) is 0 Å². The van der Waals surface area contributed by atoms with Crippen LogP contribution in [0, 0.1) is 11.8 Å². The molecule has 1 heterocycles. The monoisotopic (exact) mass is 265 g/mol. The van der Waals surface area contributed by atoms with Crippen LogP contribution in [-0.2, 0) is 0 Å². The highest BCUT2D eigenvalue weighted by Crippen LogP contribution is 2.41. The molecule has 0 radical (unpaired) electrons. The van der Waals surface area contributed by atoms with Crippen LogP contribution in [0.2, 0.25) is 0 Å². The zero-order chi connectivity index (χ0) is 13.8. The van der Waals surface area contributed by atoms with Crippen molar-refractivity contribution in [1.82, 2.24) is 25.5 Å². The van der Waals surface area contributed by atoms with Crippen LogP contribution in [0.4, 0.5) is 0 Å². The average Bonchev–Trinajstić information content (AvgIpc) is 3.01. The van der Waals surface area contributed by atoms with Crippen LogP contribution in [0.15, 0.2) is 0 Å². The number of aromatic nitrogens is 4. The van der Waals surface area contributed by atoms with Gasteiger partial charge in [-0.05, 0) is 55.0 Å². The van der Waals surface area contributed by atoms with E-state index in [9.17, 15) is 0 Å². The zero-order valence-electron chi connectivity index (χ0n) is 12.6. The van der Waals surface area contributed by atoms with Gasteiger partial charge in [-0.25, -0.2) is 4.68 Å². The van der Waals surface area contributed by atoms with E-state index >= 15 is 0 Å². The van der Waals surface area contributed by atoms with Gasteiger partial charge in [-0.15, -0.1) is 5.10 Å². The molecule has 1 aliphatic rings. The molecule has 0 saturated heterocycles. The highest BCUT2D eigenvalue weighted by atomic mass is 15.6. The Morgan fingerprint density at radius 3 is 2.79 bits per heavy atom. The summed E-state index contributed by atoms with van der Waals surface area (Å²) in [5, 5.41) is 15.9. The topological polar surface area (TPSA) is 55.6 Å². The van der Waals surface area contributed by atoms with Gasteiger partial charge >= 0.3 is 0 Å². The molecule has 1 N–H and O–H groups in total. The van der Waals surface area contributed by atoms with Crippen LogP contribution in [0.25, 0.3) is 0 Å². The lowest BCUT2D eigenvalue weighted by Gasteiger charge is -2.22. The summed E-state index contributed by atoms with van der Waals surface area (Å²) in [6.45, 7) is 9.96. The van der Waals surface area contributed by atoms with Gasteiger partial charge < -0.3 is 5.32 Å². The van der Waals surface area contributed by atoms with E-state index in [1.54, 1.807) is 0 Å². The van der Waals surface area contributed by atoms with Crippen molar-refractivity contribution in [2.45, 2.75) is 65.5 Å². The van der Waals surface area contributed by atoms with Crippen LogP contribution in [0.1, 0.15) is 71.3 Å². The predicted molar refractivity (Wildman–Crippen MR) is 75.7 cm³/mol. The Morgan fingerprint density at radius 1 is 1.37 bits per heavy atom. The molecule has 4 unspecified atom stereocenters. The molecule has 0 bridgehead atoms. The molecular formula is C14H27N5. The quantitative estimate of drug-likeness (QED) is 0.859. The summed E-state index contributed by atoms with van der Waals surface area (Å²) in [6.07, 6.45) is 4.90. The van der Waals surface area contributed by atoms with Gasteiger partial charge in [-0.3, -0.25) is 0 Å². The number of nitrogens with one attached hydrogen (secondary N) is 1. The lowest BCUT2D eigenvalue weighted by Crippen LogP contribution is -2.26. The standard InChI is InChI=1S/C14H27N5/c1-5-9-15-11(4)14-16-17-18-19(14)13-8-7-12(6-2)10(13)3/h10-13,15H,5-9H2,1-4H3. The Kier molecular flexibility index (Phi) is 4.91. The van der Waals surface area contributed by atoms with Gasteiger partial charge in [0.1, 0.15) is 0 Å². The van der Waals surface area contributed by atoms with Gasteiger partial charge in [0.25, 0.3) is 0 Å². The van der Waals surface area contributed by atoms with E-state index in [2.05, 4.69) is 53.2 Å². The summed E-state index contributed by atoms with van der Waals surface area (Å²) in [6, 6.07) is 0.698. The molecule has 5 heteroatoms. The van der Waals surface area contributed by atoms with Crippen LogP contribution in [0.5, 0.6) is 0 Å². The maximum absolute atomic E-state index is 4.26. The van der Waals surface area contributed by atoms with Crippen molar-refractivity contribution < 1.29 is 0 Å². The fourth-order valence-corrected chi connectivity index (χ4v) is 3.32. The lowest BCUT2D eigenvalue weighted by atomic mass is 9.93. The maximum Gasteiger partial charge on any atom is 0.168 e. The van der Waals surface area contributed by atoms with E-state index < -0.39 is 0 Å². The Balaban J connectivity index is 2.11. The second-order valence-electron chi connectivity index (χ2n) is 5.83.